The summed E-state index contributed by atoms with van der Waals surface area (Å²) in [6.45, 7) is 2.94. The van der Waals surface area contributed by atoms with Crippen LogP contribution in [0.2, 0.25) is 0 Å². The molecule has 0 aliphatic heterocycles. The molecule has 0 heterocycles. The van der Waals surface area contributed by atoms with Crippen LogP contribution < -0.4 is 0 Å². The molecule has 0 aromatic carbocycles. The second kappa shape index (κ2) is 8.23. The Morgan fingerprint density at radius 3 is 2.54 bits per heavy atom. The average Bonchev–Trinajstić information content (AvgIpc) is 2.00. The van der Waals surface area contributed by atoms with E-state index < -0.39 is 16.2 Å². The van der Waals surface area contributed by atoms with Gasteiger partial charge in [-0.2, -0.15) is 8.42 Å². The van der Waals surface area contributed by atoms with Gasteiger partial charge in [-0.3, -0.25) is 4.18 Å². The second-order valence-corrected chi connectivity index (χ2v) is 4.10. The molecule has 0 aliphatic carbocycles. The Labute approximate surface area is 105 Å². The molecule has 7 heteroatoms. The Morgan fingerprint density at radius 1 is 1.62 bits per heavy atom. The van der Waals surface area contributed by atoms with Crippen LogP contribution in [0, 0.1) is 0 Å². The third-order valence-electron chi connectivity index (χ3n) is 0.940. The zero-order valence-corrected chi connectivity index (χ0v) is 8.01. The van der Waals surface area contributed by atoms with Gasteiger partial charge >= 0.3 is 29.6 Å². The molecule has 0 rings (SSSR count). The molecule has 1 atom stereocenters. The van der Waals surface area contributed by atoms with Crippen LogP contribution in [0.1, 0.15) is 0 Å². The van der Waals surface area contributed by atoms with Crippen molar-refractivity contribution >= 4 is 51.3 Å². The molecule has 0 aliphatic rings. The summed E-state index contributed by atoms with van der Waals surface area (Å²) in [7, 11) is -3.57. The van der Waals surface area contributed by atoms with Crippen LogP contribution in [0.5, 0.6) is 0 Å². The number of halogens is 1. The minimum atomic E-state index is -3.57. The van der Waals surface area contributed by atoms with Crippen molar-refractivity contribution in [2.24, 2.45) is 0 Å². The summed E-state index contributed by atoms with van der Waals surface area (Å²) in [5.74, 6) is -0.314. The van der Waals surface area contributed by atoms with E-state index in [0.717, 1.165) is 0 Å². The van der Waals surface area contributed by atoms with Crippen molar-refractivity contribution in [2.75, 3.05) is 18.2 Å². The Kier molecular flexibility index (Phi) is 10.3. The van der Waals surface area contributed by atoms with Gasteiger partial charge in [0, 0.05) is 0 Å². The topological polar surface area (TPSA) is 63.6 Å². The summed E-state index contributed by atoms with van der Waals surface area (Å²) in [4.78, 5) is 0. The molecule has 0 aromatic heterocycles. The fourth-order valence-corrected chi connectivity index (χ4v) is 1.26. The van der Waals surface area contributed by atoms with Gasteiger partial charge in [0.25, 0.3) is 10.1 Å². The molecule has 0 spiro atoms. The predicted molar refractivity (Wildman–Crippen MR) is 53.8 cm³/mol. The van der Waals surface area contributed by atoms with E-state index in [1.165, 1.54) is 6.08 Å². The van der Waals surface area contributed by atoms with E-state index in [0.29, 0.717) is 0 Å². The first-order valence-corrected chi connectivity index (χ1v) is 5.35. The van der Waals surface area contributed by atoms with Crippen molar-refractivity contribution in [2.45, 2.75) is 6.10 Å². The molecule has 0 saturated heterocycles. The van der Waals surface area contributed by atoms with Crippen molar-refractivity contribution in [3.63, 3.8) is 0 Å². The number of aliphatic hydroxyl groups is 1. The van der Waals surface area contributed by atoms with Crippen molar-refractivity contribution in [1.29, 1.82) is 0 Å². The van der Waals surface area contributed by atoms with Gasteiger partial charge in [0.2, 0.25) is 0 Å². The zero-order valence-electron chi connectivity index (χ0n) is 6.44. The van der Waals surface area contributed by atoms with E-state index in [4.69, 9.17) is 16.7 Å². The van der Waals surface area contributed by atoms with Crippen molar-refractivity contribution < 1.29 is 17.7 Å². The van der Waals surface area contributed by atoms with E-state index >= 15 is 0 Å². The first kappa shape index (κ1) is 16.3. The molecule has 1 N–H and O–H groups in total. The van der Waals surface area contributed by atoms with E-state index in [9.17, 15) is 8.42 Å². The molecule has 0 saturated carbocycles. The van der Waals surface area contributed by atoms with Crippen LogP contribution >= 0.6 is 11.6 Å². The summed E-state index contributed by atoms with van der Waals surface area (Å²) < 4.78 is 26.0. The normalized spacial score (nSPS) is 13.1. The summed E-state index contributed by atoms with van der Waals surface area (Å²) >= 11 is 5.21. The molecule has 1 unspecified atom stereocenters. The molecule has 4 nitrogen and oxygen atoms in total. The molecule has 13 heavy (non-hydrogen) atoms. The maximum absolute atomic E-state index is 10.8. The van der Waals surface area contributed by atoms with E-state index in [-0.39, 0.29) is 47.8 Å². The molecule has 0 bridgehead atoms. The summed E-state index contributed by atoms with van der Waals surface area (Å²) in [6, 6.07) is 0. The molecule has 0 fully saturated rings. The number of hydrogen-bond acceptors (Lipinski definition) is 4. The van der Waals surface area contributed by atoms with E-state index in [1.54, 1.807) is 0 Å². The monoisotopic (exact) mass is 238 g/mol. The van der Waals surface area contributed by atoms with Crippen LogP contribution in [-0.2, 0) is 14.3 Å². The Hall–Kier alpha value is 0.900. The Morgan fingerprint density at radius 2 is 2.15 bits per heavy atom. The standard InChI is InChI=1S/C6H11ClO4S.Na.H/c1-2-3-12(9,10)11-5-6(8)4-7;;/h2,6,8H,1,3-5H2;;. The van der Waals surface area contributed by atoms with Crippen LogP contribution in [0.15, 0.2) is 12.7 Å². The van der Waals surface area contributed by atoms with Gasteiger partial charge in [-0.05, 0) is 0 Å². The molecule has 0 amide bonds. The third-order valence-corrected chi connectivity index (χ3v) is 2.44. The van der Waals surface area contributed by atoms with Gasteiger partial charge in [-0.15, -0.1) is 18.2 Å². The van der Waals surface area contributed by atoms with Gasteiger partial charge in [0.05, 0.1) is 24.3 Å². The molecule has 74 valence electrons. The fourth-order valence-electron chi connectivity index (χ4n) is 0.419. The second-order valence-electron chi connectivity index (χ2n) is 2.11. The van der Waals surface area contributed by atoms with Gasteiger partial charge in [0.1, 0.15) is 0 Å². The van der Waals surface area contributed by atoms with Gasteiger partial charge in [-0.25, -0.2) is 0 Å². The van der Waals surface area contributed by atoms with Crippen LogP contribution in [0.25, 0.3) is 0 Å². The summed E-state index contributed by atoms with van der Waals surface area (Å²) in [6.07, 6.45) is 0.258. The first-order chi connectivity index (χ1) is 5.52. The molecule has 0 aromatic rings. The van der Waals surface area contributed by atoms with E-state index in [2.05, 4.69) is 10.8 Å². The van der Waals surface area contributed by atoms with E-state index in [1.807, 2.05) is 0 Å². The summed E-state index contributed by atoms with van der Waals surface area (Å²) in [5.41, 5.74) is 0. The van der Waals surface area contributed by atoms with Gasteiger partial charge < -0.3 is 5.11 Å². The number of aliphatic hydroxyl groups excluding tert-OH is 1. The van der Waals surface area contributed by atoms with Crippen molar-refractivity contribution in [3.8, 4) is 0 Å². The predicted octanol–water partition coefficient (Wildman–Crippen LogP) is -0.530. The zero-order chi connectivity index (χ0) is 9.61. The fraction of sp³-hybridized carbons (Fsp3) is 0.667. The minimum absolute atomic E-state index is 0. The summed E-state index contributed by atoms with van der Waals surface area (Å²) in [5, 5.41) is 8.84. The number of hydrogen-bond donors (Lipinski definition) is 1. The average molecular weight is 239 g/mol. The number of alkyl halides is 1. The first-order valence-electron chi connectivity index (χ1n) is 3.24. The van der Waals surface area contributed by atoms with Crippen molar-refractivity contribution in [1.82, 2.24) is 0 Å². The van der Waals surface area contributed by atoms with Crippen LogP contribution in [-0.4, -0.2) is 67.4 Å². The van der Waals surface area contributed by atoms with Crippen LogP contribution in [0.3, 0.4) is 0 Å². The van der Waals surface area contributed by atoms with Gasteiger partial charge in [-0.1, -0.05) is 6.08 Å². The Bertz CT molecular complexity index is 229. The molecular weight excluding hydrogens is 227 g/mol. The number of rotatable bonds is 6. The SMILES string of the molecule is C=CCS(=O)(=O)OCC(O)CCl.[NaH]. The quantitative estimate of drug-likeness (QED) is 0.293. The Balaban J connectivity index is 0. The third kappa shape index (κ3) is 9.21. The maximum atomic E-state index is 10.8. The van der Waals surface area contributed by atoms with Gasteiger partial charge in [0.15, 0.2) is 0 Å². The van der Waals surface area contributed by atoms with Crippen LogP contribution in [0.4, 0.5) is 0 Å². The molecule has 0 radical (unpaired) electrons. The van der Waals surface area contributed by atoms with Crippen molar-refractivity contribution in [3.05, 3.63) is 12.7 Å². The molecular formula is C6H12ClNaO4S.